The number of hydrogen-bond acceptors (Lipinski definition) is 1. The molecule has 0 spiro atoms. The quantitative estimate of drug-likeness (QED) is 0.881. The summed E-state index contributed by atoms with van der Waals surface area (Å²) in [6.45, 7) is 3.93. The normalized spacial score (nSPS) is 20.6. The highest BCUT2D eigenvalue weighted by molar-refractivity contribution is 6.31. The van der Waals surface area contributed by atoms with Crippen molar-refractivity contribution in [1.82, 2.24) is 0 Å². The Kier molecular flexibility index (Phi) is 3.17. The van der Waals surface area contributed by atoms with Gasteiger partial charge in [-0.15, -0.1) is 0 Å². The lowest BCUT2D eigenvalue weighted by Crippen LogP contribution is -2.25. The van der Waals surface area contributed by atoms with Crippen molar-refractivity contribution in [1.29, 1.82) is 0 Å². The number of carboxylic acids is 1. The monoisotopic (exact) mass is 252 g/mol. The summed E-state index contributed by atoms with van der Waals surface area (Å²) in [4.78, 5) is 11.3. The number of hydrogen-bond donors (Lipinski definition) is 1. The minimum Gasteiger partial charge on any atom is -0.481 e. The Morgan fingerprint density at radius 3 is 2.47 bits per heavy atom. The topological polar surface area (TPSA) is 37.3 Å². The second kappa shape index (κ2) is 4.34. The number of halogens is 1. The summed E-state index contributed by atoms with van der Waals surface area (Å²) in [5.41, 5.74) is 1.08. The molecule has 3 heteroatoms. The zero-order valence-electron chi connectivity index (χ0n) is 10.1. The Hall–Kier alpha value is -1.02. The first-order chi connectivity index (χ1) is 7.96. The molecule has 1 saturated carbocycles. The van der Waals surface area contributed by atoms with Gasteiger partial charge in [0.15, 0.2) is 0 Å². The van der Waals surface area contributed by atoms with Gasteiger partial charge in [0.25, 0.3) is 0 Å². The summed E-state index contributed by atoms with van der Waals surface area (Å²) >= 11 is 6.21. The lowest BCUT2D eigenvalue weighted by molar-refractivity contribution is -0.142. The number of benzene rings is 1. The Balaban J connectivity index is 2.41. The molecule has 0 bridgehead atoms. The van der Waals surface area contributed by atoms with E-state index in [2.05, 4.69) is 6.92 Å². The summed E-state index contributed by atoms with van der Waals surface area (Å²) in [5, 5.41) is 9.93. The largest absolute Gasteiger partial charge is 0.481 e. The van der Waals surface area contributed by atoms with Gasteiger partial charge in [-0.05, 0) is 29.9 Å². The zero-order valence-corrected chi connectivity index (χ0v) is 10.9. The highest BCUT2D eigenvalue weighted by Gasteiger charge is 2.49. The van der Waals surface area contributed by atoms with Crippen LogP contribution in [0.2, 0.25) is 5.02 Å². The van der Waals surface area contributed by atoms with Crippen molar-refractivity contribution in [2.75, 3.05) is 0 Å². The molecule has 17 heavy (non-hydrogen) atoms. The van der Waals surface area contributed by atoms with Crippen LogP contribution in [0.1, 0.15) is 38.2 Å². The first-order valence-corrected chi connectivity index (χ1v) is 6.31. The standard InChI is InChI=1S/C14H17ClO2/c1-9(13(16)17)12(14(2)7-8-14)10-5-3-4-6-11(10)15/h3-6,9,12H,7-8H2,1-2H3,(H,16,17)/t9-,12+/m0/s1. The molecule has 1 aromatic rings. The Labute approximate surface area is 107 Å². The molecule has 1 fully saturated rings. The Morgan fingerprint density at radius 1 is 1.41 bits per heavy atom. The maximum atomic E-state index is 11.3. The van der Waals surface area contributed by atoms with Crippen LogP contribution < -0.4 is 0 Å². The molecule has 0 aliphatic heterocycles. The van der Waals surface area contributed by atoms with Crippen molar-refractivity contribution in [3.63, 3.8) is 0 Å². The third-order valence-corrected chi connectivity index (χ3v) is 4.26. The number of carboxylic acid groups (broad SMARTS) is 1. The van der Waals surface area contributed by atoms with Crippen LogP contribution in [0, 0.1) is 11.3 Å². The summed E-state index contributed by atoms with van der Waals surface area (Å²) in [5.74, 6) is -1.14. The van der Waals surface area contributed by atoms with E-state index in [0.717, 1.165) is 18.4 Å². The van der Waals surface area contributed by atoms with E-state index >= 15 is 0 Å². The Morgan fingerprint density at radius 2 is 2.00 bits per heavy atom. The minimum absolute atomic E-state index is 0.00806. The second-order valence-electron chi connectivity index (χ2n) is 5.28. The predicted molar refractivity (Wildman–Crippen MR) is 68.3 cm³/mol. The van der Waals surface area contributed by atoms with Gasteiger partial charge in [-0.3, -0.25) is 4.79 Å². The molecule has 0 saturated heterocycles. The molecular weight excluding hydrogens is 236 g/mol. The van der Waals surface area contributed by atoms with Crippen molar-refractivity contribution in [3.05, 3.63) is 34.9 Å². The van der Waals surface area contributed by atoms with E-state index in [-0.39, 0.29) is 11.3 Å². The van der Waals surface area contributed by atoms with Gasteiger partial charge in [0, 0.05) is 10.9 Å². The molecule has 1 aromatic carbocycles. The van der Waals surface area contributed by atoms with E-state index in [1.807, 2.05) is 24.3 Å². The van der Waals surface area contributed by atoms with Gasteiger partial charge in [0.05, 0.1) is 5.92 Å². The van der Waals surface area contributed by atoms with Crippen molar-refractivity contribution in [3.8, 4) is 0 Å². The van der Waals surface area contributed by atoms with Gasteiger partial charge in [-0.25, -0.2) is 0 Å². The van der Waals surface area contributed by atoms with Crippen molar-refractivity contribution >= 4 is 17.6 Å². The number of carbonyl (C=O) groups is 1. The second-order valence-corrected chi connectivity index (χ2v) is 5.69. The predicted octanol–water partition coefficient (Wildman–Crippen LogP) is 3.94. The minimum atomic E-state index is -0.747. The van der Waals surface area contributed by atoms with Crippen LogP contribution in [0.3, 0.4) is 0 Å². The molecular formula is C14H17ClO2. The zero-order chi connectivity index (χ0) is 12.6. The molecule has 0 aromatic heterocycles. The summed E-state index contributed by atoms with van der Waals surface area (Å²) in [6, 6.07) is 7.60. The maximum Gasteiger partial charge on any atom is 0.306 e. The molecule has 92 valence electrons. The van der Waals surface area contributed by atoms with Crippen LogP contribution in [0.5, 0.6) is 0 Å². The average Bonchev–Trinajstić information content (AvgIpc) is 3.00. The molecule has 1 N–H and O–H groups in total. The molecule has 0 radical (unpaired) electrons. The lowest BCUT2D eigenvalue weighted by atomic mass is 9.76. The van der Waals surface area contributed by atoms with Crippen LogP contribution >= 0.6 is 11.6 Å². The van der Waals surface area contributed by atoms with Gasteiger partial charge >= 0.3 is 5.97 Å². The highest BCUT2D eigenvalue weighted by Crippen LogP contribution is 2.59. The van der Waals surface area contributed by atoms with Gasteiger partial charge in [-0.1, -0.05) is 43.6 Å². The highest BCUT2D eigenvalue weighted by atomic mass is 35.5. The fraction of sp³-hybridized carbons (Fsp3) is 0.500. The number of aliphatic carboxylic acids is 1. The van der Waals surface area contributed by atoms with Gasteiger partial charge in [0.1, 0.15) is 0 Å². The SMILES string of the molecule is C[C@H](C(=O)O)[C@H](c1ccccc1Cl)C1(C)CC1. The van der Waals surface area contributed by atoms with Crippen LogP contribution in [0.25, 0.3) is 0 Å². The van der Waals surface area contributed by atoms with E-state index in [1.165, 1.54) is 0 Å². The van der Waals surface area contributed by atoms with Crippen LogP contribution in [-0.2, 0) is 4.79 Å². The van der Waals surface area contributed by atoms with Gasteiger partial charge < -0.3 is 5.11 Å². The first-order valence-electron chi connectivity index (χ1n) is 5.93. The third kappa shape index (κ3) is 2.32. The molecule has 2 nitrogen and oxygen atoms in total. The van der Waals surface area contributed by atoms with Crippen molar-refractivity contribution in [2.24, 2.45) is 11.3 Å². The van der Waals surface area contributed by atoms with E-state index in [9.17, 15) is 9.90 Å². The van der Waals surface area contributed by atoms with Crippen LogP contribution in [0.15, 0.2) is 24.3 Å². The first kappa shape index (κ1) is 12.4. The van der Waals surface area contributed by atoms with Crippen LogP contribution in [-0.4, -0.2) is 11.1 Å². The summed E-state index contributed by atoms with van der Waals surface area (Å²) in [6.07, 6.45) is 2.17. The van der Waals surface area contributed by atoms with E-state index < -0.39 is 11.9 Å². The van der Waals surface area contributed by atoms with Crippen molar-refractivity contribution in [2.45, 2.75) is 32.6 Å². The molecule has 1 aliphatic rings. The van der Waals surface area contributed by atoms with Gasteiger partial charge in [0.2, 0.25) is 0 Å². The molecule has 0 heterocycles. The molecule has 2 atom stereocenters. The van der Waals surface area contributed by atoms with E-state index in [1.54, 1.807) is 6.92 Å². The van der Waals surface area contributed by atoms with Gasteiger partial charge in [-0.2, -0.15) is 0 Å². The lowest BCUT2D eigenvalue weighted by Gasteiger charge is -2.28. The van der Waals surface area contributed by atoms with E-state index in [4.69, 9.17) is 11.6 Å². The maximum absolute atomic E-state index is 11.3. The fourth-order valence-electron chi connectivity index (χ4n) is 2.63. The third-order valence-electron chi connectivity index (χ3n) is 3.92. The smallest absolute Gasteiger partial charge is 0.306 e. The van der Waals surface area contributed by atoms with Crippen LogP contribution in [0.4, 0.5) is 0 Å². The molecule has 0 unspecified atom stereocenters. The summed E-state index contributed by atoms with van der Waals surface area (Å²) < 4.78 is 0. The molecule has 0 amide bonds. The average molecular weight is 253 g/mol. The summed E-state index contributed by atoms with van der Waals surface area (Å²) in [7, 11) is 0. The fourth-order valence-corrected chi connectivity index (χ4v) is 2.88. The molecule has 1 aliphatic carbocycles. The molecule has 2 rings (SSSR count). The van der Waals surface area contributed by atoms with Crippen molar-refractivity contribution < 1.29 is 9.90 Å². The van der Waals surface area contributed by atoms with E-state index in [0.29, 0.717) is 5.02 Å². The Bertz CT molecular complexity index is 438. The number of rotatable bonds is 4.